The van der Waals surface area contributed by atoms with Gasteiger partial charge in [0.05, 0.1) is 0 Å². The maximum Gasteiger partial charge on any atom is 0.326 e. The lowest BCUT2D eigenvalue weighted by Gasteiger charge is -2.18. The van der Waals surface area contributed by atoms with E-state index in [2.05, 4.69) is 15.5 Å². The molecule has 0 aliphatic carbocycles. The molecule has 1 aromatic heterocycles. The van der Waals surface area contributed by atoms with Gasteiger partial charge in [-0.2, -0.15) is 4.98 Å². The highest BCUT2D eigenvalue weighted by Crippen LogP contribution is 2.25. The summed E-state index contributed by atoms with van der Waals surface area (Å²) in [5, 5.41) is 15.9. The number of nitrogens with one attached hydrogen (secondary N) is 1. The SMILES string of the molecule is CCCC[C@H](Nc1nc(C2CCOCC2)no1)C(=O)O. The standard InChI is InChI=1S/C13H21N3O4/c1-2-3-4-10(12(17)18)14-13-15-11(16-20-13)9-5-7-19-8-6-9/h9-10H,2-8H2,1H3,(H,17,18)(H,14,15,16)/t10-/m0/s1. The summed E-state index contributed by atoms with van der Waals surface area (Å²) in [4.78, 5) is 15.4. The van der Waals surface area contributed by atoms with Crippen molar-refractivity contribution >= 4 is 12.0 Å². The zero-order valence-electron chi connectivity index (χ0n) is 11.7. The maximum absolute atomic E-state index is 11.1. The van der Waals surface area contributed by atoms with Crippen LogP contribution in [0.4, 0.5) is 6.01 Å². The number of ether oxygens (including phenoxy) is 1. The van der Waals surface area contributed by atoms with Gasteiger partial charge < -0.3 is 19.7 Å². The van der Waals surface area contributed by atoms with Crippen molar-refractivity contribution in [1.82, 2.24) is 10.1 Å². The van der Waals surface area contributed by atoms with Crippen molar-refractivity contribution in [3.63, 3.8) is 0 Å². The van der Waals surface area contributed by atoms with Gasteiger partial charge in [-0.25, -0.2) is 4.79 Å². The Hall–Kier alpha value is -1.63. The normalized spacial score (nSPS) is 17.9. The van der Waals surface area contributed by atoms with E-state index in [-0.39, 0.29) is 11.9 Å². The number of unbranched alkanes of at least 4 members (excludes halogenated alkanes) is 1. The topological polar surface area (TPSA) is 97.5 Å². The van der Waals surface area contributed by atoms with E-state index in [9.17, 15) is 4.79 Å². The van der Waals surface area contributed by atoms with Gasteiger partial charge in [-0.3, -0.25) is 0 Å². The van der Waals surface area contributed by atoms with Crippen LogP contribution in [-0.4, -0.2) is 40.5 Å². The van der Waals surface area contributed by atoms with E-state index in [1.54, 1.807) is 0 Å². The molecule has 2 rings (SSSR count). The fourth-order valence-corrected chi connectivity index (χ4v) is 2.23. The predicted molar refractivity (Wildman–Crippen MR) is 71.7 cm³/mol. The number of carboxylic acid groups (broad SMARTS) is 1. The molecule has 20 heavy (non-hydrogen) atoms. The Morgan fingerprint density at radius 1 is 1.50 bits per heavy atom. The van der Waals surface area contributed by atoms with Crippen molar-refractivity contribution in [2.24, 2.45) is 0 Å². The van der Waals surface area contributed by atoms with Gasteiger partial charge in [0.2, 0.25) is 0 Å². The molecule has 7 nitrogen and oxygen atoms in total. The summed E-state index contributed by atoms with van der Waals surface area (Å²) in [6, 6.07) is -0.493. The highest BCUT2D eigenvalue weighted by molar-refractivity contribution is 5.76. The molecule has 0 spiro atoms. The maximum atomic E-state index is 11.1. The largest absolute Gasteiger partial charge is 0.480 e. The molecular formula is C13H21N3O4. The van der Waals surface area contributed by atoms with E-state index in [1.165, 1.54) is 0 Å². The summed E-state index contributed by atoms with van der Waals surface area (Å²) in [7, 11) is 0. The minimum atomic E-state index is -0.899. The minimum Gasteiger partial charge on any atom is -0.480 e. The number of aliphatic carboxylic acids is 1. The average Bonchev–Trinajstić information content (AvgIpc) is 2.92. The molecule has 0 bridgehead atoms. The molecule has 0 radical (unpaired) electrons. The second-order valence-electron chi connectivity index (χ2n) is 5.02. The molecule has 2 heterocycles. The molecule has 1 atom stereocenters. The first-order valence-corrected chi connectivity index (χ1v) is 7.11. The van der Waals surface area contributed by atoms with E-state index < -0.39 is 12.0 Å². The molecule has 7 heteroatoms. The van der Waals surface area contributed by atoms with Crippen LogP contribution in [0.15, 0.2) is 4.52 Å². The number of hydrogen-bond acceptors (Lipinski definition) is 6. The Balaban J connectivity index is 1.94. The summed E-state index contributed by atoms with van der Waals surface area (Å²) < 4.78 is 10.4. The summed E-state index contributed by atoms with van der Waals surface area (Å²) in [6.07, 6.45) is 4.07. The molecule has 0 aromatic carbocycles. The van der Waals surface area contributed by atoms with Crippen molar-refractivity contribution in [1.29, 1.82) is 0 Å². The number of hydrogen-bond donors (Lipinski definition) is 2. The Kier molecular flexibility index (Phi) is 5.34. The van der Waals surface area contributed by atoms with Gasteiger partial charge in [-0.15, -0.1) is 0 Å². The predicted octanol–water partition coefficient (Wildman–Crippen LogP) is 2.02. The van der Waals surface area contributed by atoms with Crippen LogP contribution < -0.4 is 5.32 Å². The third kappa shape index (κ3) is 3.93. The summed E-state index contributed by atoms with van der Waals surface area (Å²) >= 11 is 0. The number of carboxylic acids is 1. The van der Waals surface area contributed by atoms with Crippen LogP contribution in [0.5, 0.6) is 0 Å². The smallest absolute Gasteiger partial charge is 0.326 e. The molecule has 0 amide bonds. The quantitative estimate of drug-likeness (QED) is 0.790. The highest BCUT2D eigenvalue weighted by atomic mass is 16.5. The number of nitrogens with zero attached hydrogens (tertiary/aromatic N) is 2. The zero-order chi connectivity index (χ0) is 14.4. The molecule has 0 unspecified atom stereocenters. The molecule has 1 aliphatic heterocycles. The van der Waals surface area contributed by atoms with Gasteiger partial charge in [-0.05, 0) is 19.3 Å². The van der Waals surface area contributed by atoms with E-state index in [0.717, 1.165) is 25.7 Å². The molecule has 2 N–H and O–H groups in total. The molecule has 112 valence electrons. The lowest BCUT2D eigenvalue weighted by molar-refractivity contribution is -0.138. The van der Waals surface area contributed by atoms with Crippen LogP contribution in [0.25, 0.3) is 0 Å². The third-order valence-corrected chi connectivity index (χ3v) is 3.47. The number of anilines is 1. The van der Waals surface area contributed by atoms with Crippen LogP contribution in [0.2, 0.25) is 0 Å². The van der Waals surface area contributed by atoms with Crippen molar-refractivity contribution in [2.75, 3.05) is 18.5 Å². The first kappa shape index (κ1) is 14.8. The number of aromatic nitrogens is 2. The molecule has 0 saturated carbocycles. The lowest BCUT2D eigenvalue weighted by atomic mass is 10.00. The Bertz CT molecular complexity index is 429. The summed E-state index contributed by atoms with van der Waals surface area (Å²) in [6.45, 7) is 3.43. The molecule has 1 saturated heterocycles. The van der Waals surface area contributed by atoms with Gasteiger partial charge >= 0.3 is 12.0 Å². The lowest BCUT2D eigenvalue weighted by Crippen LogP contribution is -2.29. The van der Waals surface area contributed by atoms with E-state index in [1.807, 2.05) is 6.92 Å². The van der Waals surface area contributed by atoms with Crippen molar-refractivity contribution in [3.05, 3.63) is 5.82 Å². The van der Waals surface area contributed by atoms with Gasteiger partial charge in [0, 0.05) is 19.1 Å². The summed E-state index contributed by atoms with van der Waals surface area (Å²) in [5.74, 6) is -0.0262. The first-order chi connectivity index (χ1) is 9.70. The Morgan fingerprint density at radius 2 is 2.25 bits per heavy atom. The van der Waals surface area contributed by atoms with Crippen LogP contribution in [0.3, 0.4) is 0 Å². The van der Waals surface area contributed by atoms with Crippen LogP contribution in [0.1, 0.15) is 50.8 Å². The zero-order valence-corrected chi connectivity index (χ0v) is 11.7. The van der Waals surface area contributed by atoms with Crippen LogP contribution in [0, 0.1) is 0 Å². The van der Waals surface area contributed by atoms with Gasteiger partial charge in [-0.1, -0.05) is 24.9 Å². The highest BCUT2D eigenvalue weighted by Gasteiger charge is 2.23. The van der Waals surface area contributed by atoms with Crippen LogP contribution in [-0.2, 0) is 9.53 Å². The summed E-state index contributed by atoms with van der Waals surface area (Å²) in [5.41, 5.74) is 0. The fraction of sp³-hybridized carbons (Fsp3) is 0.769. The van der Waals surface area contributed by atoms with Crippen molar-refractivity contribution in [3.8, 4) is 0 Å². The Morgan fingerprint density at radius 3 is 2.90 bits per heavy atom. The third-order valence-electron chi connectivity index (χ3n) is 3.47. The first-order valence-electron chi connectivity index (χ1n) is 7.11. The Labute approximate surface area is 117 Å². The van der Waals surface area contributed by atoms with Gasteiger partial charge in [0.15, 0.2) is 5.82 Å². The second kappa shape index (κ2) is 7.23. The van der Waals surface area contributed by atoms with Gasteiger partial charge in [0.1, 0.15) is 6.04 Å². The molecule has 1 fully saturated rings. The minimum absolute atomic E-state index is 0.190. The average molecular weight is 283 g/mol. The fourth-order valence-electron chi connectivity index (χ4n) is 2.23. The van der Waals surface area contributed by atoms with Crippen molar-refractivity contribution < 1.29 is 19.2 Å². The van der Waals surface area contributed by atoms with E-state index in [4.69, 9.17) is 14.4 Å². The molecule has 1 aliphatic rings. The molecule has 1 aromatic rings. The van der Waals surface area contributed by atoms with E-state index in [0.29, 0.717) is 25.5 Å². The van der Waals surface area contributed by atoms with Gasteiger partial charge in [0.25, 0.3) is 0 Å². The number of carbonyl (C=O) groups is 1. The second-order valence-corrected chi connectivity index (χ2v) is 5.02. The monoisotopic (exact) mass is 283 g/mol. The molecular weight excluding hydrogens is 262 g/mol. The van der Waals surface area contributed by atoms with Crippen molar-refractivity contribution in [2.45, 2.75) is 51.0 Å². The number of rotatable bonds is 7. The van der Waals surface area contributed by atoms with E-state index >= 15 is 0 Å². The van der Waals surface area contributed by atoms with Crippen LogP contribution >= 0.6 is 0 Å².